The molecule has 1 fully saturated rings. The smallest absolute Gasteiger partial charge is 0.134 e. The van der Waals surface area contributed by atoms with E-state index in [9.17, 15) is 5.11 Å². The van der Waals surface area contributed by atoms with E-state index in [1.807, 2.05) is 12.1 Å². The molecule has 0 bridgehead atoms. The molecule has 17 heavy (non-hydrogen) atoms. The summed E-state index contributed by atoms with van der Waals surface area (Å²) in [4.78, 5) is 0. The first-order chi connectivity index (χ1) is 8.24. The Morgan fingerprint density at radius 3 is 2.94 bits per heavy atom. The van der Waals surface area contributed by atoms with Gasteiger partial charge in [-0.3, -0.25) is 0 Å². The molecule has 2 heterocycles. The van der Waals surface area contributed by atoms with Crippen molar-refractivity contribution >= 4 is 0 Å². The van der Waals surface area contributed by atoms with E-state index in [0.29, 0.717) is 5.76 Å². The lowest BCUT2D eigenvalue weighted by Crippen LogP contribution is -2.41. The molecule has 1 aliphatic heterocycles. The predicted molar refractivity (Wildman–Crippen MR) is 67.9 cm³/mol. The Morgan fingerprint density at radius 2 is 2.29 bits per heavy atom. The molecule has 0 saturated carbocycles. The number of hydrogen-bond donors (Lipinski definition) is 2. The number of nitrogens with one attached hydrogen (secondary N) is 1. The number of aliphatic hydroxyl groups is 1. The molecule has 96 valence electrons. The van der Waals surface area contributed by atoms with Gasteiger partial charge in [0.1, 0.15) is 17.6 Å². The van der Waals surface area contributed by atoms with E-state index < -0.39 is 6.10 Å². The molecule has 3 unspecified atom stereocenters. The van der Waals surface area contributed by atoms with Crippen LogP contribution in [0.15, 0.2) is 16.5 Å². The summed E-state index contributed by atoms with van der Waals surface area (Å²) in [5, 5.41) is 13.7. The zero-order valence-corrected chi connectivity index (χ0v) is 10.8. The van der Waals surface area contributed by atoms with Crippen LogP contribution in [0.2, 0.25) is 0 Å². The van der Waals surface area contributed by atoms with Crippen molar-refractivity contribution in [1.29, 1.82) is 0 Å². The fourth-order valence-electron chi connectivity index (χ4n) is 2.59. The Morgan fingerprint density at radius 1 is 1.47 bits per heavy atom. The summed E-state index contributed by atoms with van der Waals surface area (Å²) in [7, 11) is 0. The van der Waals surface area contributed by atoms with Gasteiger partial charge in [-0.2, -0.15) is 0 Å². The summed E-state index contributed by atoms with van der Waals surface area (Å²) >= 11 is 0. The SMILES string of the molecule is CCc1ccc(C(O)C2CC(CC)CCN2)o1. The minimum atomic E-state index is -0.510. The standard InChI is InChI=1S/C14H23NO2/c1-3-10-7-8-15-12(9-10)14(16)13-6-5-11(4-2)17-13/h5-6,10,12,14-16H,3-4,7-9H2,1-2H3. The van der Waals surface area contributed by atoms with Gasteiger partial charge in [-0.05, 0) is 37.4 Å². The van der Waals surface area contributed by atoms with E-state index in [2.05, 4.69) is 19.2 Å². The van der Waals surface area contributed by atoms with Crippen molar-refractivity contribution in [3.63, 3.8) is 0 Å². The Bertz CT molecular complexity index is 348. The van der Waals surface area contributed by atoms with Crippen molar-refractivity contribution in [2.24, 2.45) is 5.92 Å². The highest BCUT2D eigenvalue weighted by molar-refractivity contribution is 5.11. The number of aryl methyl sites for hydroxylation is 1. The average molecular weight is 237 g/mol. The highest BCUT2D eigenvalue weighted by atomic mass is 16.4. The molecule has 3 atom stereocenters. The average Bonchev–Trinajstić information content (AvgIpc) is 2.86. The van der Waals surface area contributed by atoms with Crippen molar-refractivity contribution in [3.05, 3.63) is 23.7 Å². The second-order valence-corrected chi connectivity index (χ2v) is 4.96. The molecule has 2 N–H and O–H groups in total. The molecule has 1 aromatic heterocycles. The Balaban J connectivity index is 2.00. The summed E-state index contributed by atoms with van der Waals surface area (Å²) in [5.41, 5.74) is 0. The summed E-state index contributed by atoms with van der Waals surface area (Å²) in [6.45, 7) is 5.28. The normalized spacial score (nSPS) is 27.0. The molecule has 3 nitrogen and oxygen atoms in total. The van der Waals surface area contributed by atoms with Crippen LogP contribution in [0.3, 0.4) is 0 Å². The van der Waals surface area contributed by atoms with Gasteiger partial charge in [-0.1, -0.05) is 20.3 Å². The Labute approximate surface area is 103 Å². The molecule has 1 saturated heterocycles. The van der Waals surface area contributed by atoms with Gasteiger partial charge >= 0.3 is 0 Å². The van der Waals surface area contributed by atoms with E-state index in [0.717, 1.165) is 31.1 Å². The minimum absolute atomic E-state index is 0.143. The zero-order chi connectivity index (χ0) is 12.3. The van der Waals surface area contributed by atoms with Gasteiger partial charge in [0.25, 0.3) is 0 Å². The quantitative estimate of drug-likeness (QED) is 0.846. The summed E-state index contributed by atoms with van der Waals surface area (Å²) in [6.07, 6.45) is 3.83. The maximum atomic E-state index is 10.3. The van der Waals surface area contributed by atoms with Crippen LogP contribution < -0.4 is 5.32 Å². The number of hydrogen-bond acceptors (Lipinski definition) is 3. The third-order valence-electron chi connectivity index (χ3n) is 3.83. The van der Waals surface area contributed by atoms with E-state index >= 15 is 0 Å². The third kappa shape index (κ3) is 2.90. The summed E-state index contributed by atoms with van der Waals surface area (Å²) in [5.74, 6) is 2.38. The molecule has 1 aromatic rings. The van der Waals surface area contributed by atoms with E-state index in [4.69, 9.17) is 4.42 Å². The van der Waals surface area contributed by atoms with E-state index in [1.54, 1.807) is 0 Å². The van der Waals surface area contributed by atoms with Gasteiger partial charge in [0, 0.05) is 12.5 Å². The lowest BCUT2D eigenvalue weighted by Gasteiger charge is -2.32. The summed E-state index contributed by atoms with van der Waals surface area (Å²) < 4.78 is 5.63. The number of aliphatic hydroxyl groups excluding tert-OH is 1. The first-order valence-electron chi connectivity index (χ1n) is 6.74. The van der Waals surface area contributed by atoms with Crippen LogP contribution in [-0.4, -0.2) is 17.7 Å². The van der Waals surface area contributed by atoms with Gasteiger partial charge < -0.3 is 14.8 Å². The molecule has 0 aromatic carbocycles. The first kappa shape index (κ1) is 12.7. The van der Waals surface area contributed by atoms with Gasteiger partial charge in [-0.25, -0.2) is 0 Å². The first-order valence-corrected chi connectivity index (χ1v) is 6.74. The van der Waals surface area contributed by atoms with Crippen molar-refractivity contribution in [2.45, 2.75) is 51.7 Å². The fourth-order valence-corrected chi connectivity index (χ4v) is 2.59. The predicted octanol–water partition coefficient (Wildman–Crippen LogP) is 2.65. The lowest BCUT2D eigenvalue weighted by atomic mass is 9.87. The minimum Gasteiger partial charge on any atom is -0.463 e. The van der Waals surface area contributed by atoms with Gasteiger partial charge in [0.05, 0.1) is 0 Å². The molecule has 1 aliphatic rings. The van der Waals surface area contributed by atoms with Crippen LogP contribution in [0.25, 0.3) is 0 Å². The van der Waals surface area contributed by atoms with Crippen LogP contribution in [0.1, 0.15) is 50.7 Å². The molecule has 3 heteroatoms. The molecule has 2 rings (SSSR count). The van der Waals surface area contributed by atoms with Crippen molar-refractivity contribution in [3.8, 4) is 0 Å². The highest BCUT2D eigenvalue weighted by Crippen LogP contribution is 2.28. The van der Waals surface area contributed by atoms with Crippen LogP contribution in [-0.2, 0) is 6.42 Å². The van der Waals surface area contributed by atoms with E-state index in [-0.39, 0.29) is 6.04 Å². The Kier molecular flexibility index (Phi) is 4.24. The second-order valence-electron chi connectivity index (χ2n) is 4.96. The molecule has 0 amide bonds. The number of rotatable bonds is 4. The number of piperidine rings is 1. The van der Waals surface area contributed by atoms with Crippen molar-refractivity contribution in [1.82, 2.24) is 5.32 Å². The van der Waals surface area contributed by atoms with Gasteiger partial charge in [-0.15, -0.1) is 0 Å². The van der Waals surface area contributed by atoms with Crippen LogP contribution in [0.5, 0.6) is 0 Å². The van der Waals surface area contributed by atoms with E-state index in [1.165, 1.54) is 12.8 Å². The lowest BCUT2D eigenvalue weighted by molar-refractivity contribution is 0.0781. The van der Waals surface area contributed by atoms with Crippen LogP contribution in [0.4, 0.5) is 0 Å². The van der Waals surface area contributed by atoms with Crippen molar-refractivity contribution < 1.29 is 9.52 Å². The second kappa shape index (κ2) is 5.69. The maximum absolute atomic E-state index is 10.3. The van der Waals surface area contributed by atoms with Crippen molar-refractivity contribution in [2.75, 3.05) is 6.54 Å². The highest BCUT2D eigenvalue weighted by Gasteiger charge is 2.28. The molecule has 0 radical (unpaired) electrons. The van der Waals surface area contributed by atoms with Crippen LogP contribution >= 0.6 is 0 Å². The zero-order valence-electron chi connectivity index (χ0n) is 10.8. The Hall–Kier alpha value is -0.800. The molecular formula is C14H23NO2. The number of furan rings is 1. The largest absolute Gasteiger partial charge is 0.463 e. The maximum Gasteiger partial charge on any atom is 0.134 e. The molecule has 0 aliphatic carbocycles. The van der Waals surface area contributed by atoms with Gasteiger partial charge in [0.15, 0.2) is 0 Å². The topological polar surface area (TPSA) is 45.4 Å². The third-order valence-corrected chi connectivity index (χ3v) is 3.83. The van der Waals surface area contributed by atoms with Gasteiger partial charge in [0.2, 0.25) is 0 Å². The molecule has 0 spiro atoms. The monoisotopic (exact) mass is 237 g/mol. The molecular weight excluding hydrogens is 214 g/mol. The van der Waals surface area contributed by atoms with Crippen LogP contribution in [0, 0.1) is 5.92 Å². The fraction of sp³-hybridized carbons (Fsp3) is 0.714. The summed E-state index contributed by atoms with van der Waals surface area (Å²) in [6, 6.07) is 4.00.